The Labute approximate surface area is 56.9 Å². The zero-order valence-corrected chi connectivity index (χ0v) is 6.40. The number of rotatable bonds is 4. The molecule has 0 aliphatic carbocycles. The van der Waals surface area contributed by atoms with E-state index in [0.29, 0.717) is 0 Å². The lowest BCUT2D eigenvalue weighted by Gasteiger charge is -2.21. The Hall–Kier alpha value is -0.500. The van der Waals surface area contributed by atoms with Crippen LogP contribution in [-0.2, 0) is 4.84 Å². The van der Waals surface area contributed by atoms with Crippen molar-refractivity contribution >= 4 is 0 Å². The molecule has 0 fully saturated rings. The van der Waals surface area contributed by atoms with E-state index in [-0.39, 0.29) is 5.60 Å². The van der Waals surface area contributed by atoms with Crippen molar-refractivity contribution in [3.05, 3.63) is 12.8 Å². The molecule has 2 heteroatoms. The van der Waals surface area contributed by atoms with E-state index in [1.165, 1.54) is 6.20 Å². The Morgan fingerprint density at radius 3 is 2.56 bits per heavy atom. The van der Waals surface area contributed by atoms with Crippen LogP contribution in [0.25, 0.3) is 0 Å². The van der Waals surface area contributed by atoms with E-state index in [4.69, 9.17) is 4.84 Å². The van der Waals surface area contributed by atoms with Crippen LogP contribution in [0.5, 0.6) is 0 Å². The van der Waals surface area contributed by atoms with Crippen LogP contribution in [0, 0.1) is 0 Å². The standard InChI is InChI=1S/C7H15NO/c1-5-7(3,4)9-8-6-2/h6,8H,2,5H2,1,3-4H3. The topological polar surface area (TPSA) is 21.3 Å². The van der Waals surface area contributed by atoms with Crippen LogP contribution in [0.15, 0.2) is 12.8 Å². The molecule has 0 aliphatic heterocycles. The zero-order chi connectivity index (χ0) is 7.33. The van der Waals surface area contributed by atoms with Crippen LogP contribution in [0.2, 0.25) is 0 Å². The Bertz CT molecular complexity index is 88.9. The maximum absolute atomic E-state index is 5.16. The smallest absolute Gasteiger partial charge is 0.0901 e. The van der Waals surface area contributed by atoms with Crippen LogP contribution < -0.4 is 5.48 Å². The van der Waals surface area contributed by atoms with Crippen molar-refractivity contribution in [2.75, 3.05) is 0 Å². The van der Waals surface area contributed by atoms with Gasteiger partial charge in [0.2, 0.25) is 0 Å². The zero-order valence-electron chi connectivity index (χ0n) is 6.40. The van der Waals surface area contributed by atoms with Gasteiger partial charge in [0.05, 0.1) is 5.60 Å². The van der Waals surface area contributed by atoms with Crippen molar-refractivity contribution in [3.63, 3.8) is 0 Å². The maximum Gasteiger partial charge on any atom is 0.0901 e. The summed E-state index contributed by atoms with van der Waals surface area (Å²) in [6.07, 6.45) is 2.51. The van der Waals surface area contributed by atoms with E-state index in [2.05, 4.69) is 19.0 Å². The van der Waals surface area contributed by atoms with Crippen molar-refractivity contribution in [3.8, 4) is 0 Å². The summed E-state index contributed by atoms with van der Waals surface area (Å²) < 4.78 is 0. The van der Waals surface area contributed by atoms with Gasteiger partial charge >= 0.3 is 0 Å². The highest BCUT2D eigenvalue weighted by atomic mass is 16.7. The highest BCUT2D eigenvalue weighted by molar-refractivity contribution is 4.65. The summed E-state index contributed by atoms with van der Waals surface area (Å²) in [5, 5.41) is 0. The summed E-state index contributed by atoms with van der Waals surface area (Å²) >= 11 is 0. The summed E-state index contributed by atoms with van der Waals surface area (Å²) in [5.41, 5.74) is 2.51. The first kappa shape index (κ1) is 8.50. The molecule has 0 atom stereocenters. The quantitative estimate of drug-likeness (QED) is 0.585. The molecule has 1 N–H and O–H groups in total. The summed E-state index contributed by atoms with van der Waals surface area (Å²) in [6.45, 7) is 9.57. The molecule has 0 aromatic rings. The average molecular weight is 129 g/mol. The van der Waals surface area contributed by atoms with Gasteiger partial charge in [-0.15, -0.1) is 0 Å². The van der Waals surface area contributed by atoms with Crippen LogP contribution in [0.4, 0.5) is 0 Å². The Balaban J connectivity index is 3.44. The fourth-order valence-electron chi connectivity index (χ4n) is 0.273. The summed E-state index contributed by atoms with van der Waals surface area (Å²) in [5.74, 6) is 0. The Kier molecular flexibility index (Phi) is 3.32. The molecule has 0 heterocycles. The fourth-order valence-corrected chi connectivity index (χ4v) is 0.273. The monoisotopic (exact) mass is 129 g/mol. The second kappa shape index (κ2) is 3.51. The van der Waals surface area contributed by atoms with Gasteiger partial charge in [-0.2, -0.15) is 0 Å². The lowest BCUT2D eigenvalue weighted by Crippen LogP contribution is -2.28. The van der Waals surface area contributed by atoms with Gasteiger partial charge in [-0.05, 0) is 20.3 Å². The molecular formula is C7H15NO. The number of hydrogen-bond donors (Lipinski definition) is 1. The number of hydroxylamine groups is 1. The third kappa shape index (κ3) is 4.03. The minimum Gasteiger partial charge on any atom is -0.274 e. The molecular weight excluding hydrogens is 114 g/mol. The fraction of sp³-hybridized carbons (Fsp3) is 0.714. The van der Waals surface area contributed by atoms with Crippen molar-refractivity contribution in [1.82, 2.24) is 5.48 Å². The predicted octanol–water partition coefficient (Wildman–Crippen LogP) is 1.84. The maximum atomic E-state index is 5.16. The average Bonchev–Trinajstić information content (AvgIpc) is 1.84. The first-order chi connectivity index (χ1) is 4.12. The normalized spacial score (nSPS) is 11.0. The van der Waals surface area contributed by atoms with Crippen molar-refractivity contribution in [2.45, 2.75) is 32.8 Å². The molecule has 0 saturated carbocycles. The Morgan fingerprint density at radius 1 is 1.67 bits per heavy atom. The van der Waals surface area contributed by atoms with Crippen LogP contribution >= 0.6 is 0 Å². The van der Waals surface area contributed by atoms with E-state index in [0.717, 1.165) is 6.42 Å². The highest BCUT2D eigenvalue weighted by Gasteiger charge is 2.14. The third-order valence-corrected chi connectivity index (χ3v) is 1.27. The van der Waals surface area contributed by atoms with Crippen molar-refractivity contribution < 1.29 is 4.84 Å². The SMILES string of the molecule is C=CNOC(C)(C)CC. The van der Waals surface area contributed by atoms with Gasteiger partial charge in [0.1, 0.15) is 0 Å². The molecule has 0 bridgehead atoms. The largest absolute Gasteiger partial charge is 0.274 e. The van der Waals surface area contributed by atoms with E-state index >= 15 is 0 Å². The van der Waals surface area contributed by atoms with Gasteiger partial charge in [0, 0.05) is 6.20 Å². The summed E-state index contributed by atoms with van der Waals surface area (Å²) in [7, 11) is 0. The predicted molar refractivity (Wildman–Crippen MR) is 38.8 cm³/mol. The first-order valence-corrected chi connectivity index (χ1v) is 3.17. The van der Waals surface area contributed by atoms with Gasteiger partial charge in [0.15, 0.2) is 0 Å². The second-order valence-corrected chi connectivity index (χ2v) is 2.54. The lowest BCUT2D eigenvalue weighted by molar-refractivity contribution is -0.0667. The molecule has 2 nitrogen and oxygen atoms in total. The van der Waals surface area contributed by atoms with Crippen molar-refractivity contribution in [1.29, 1.82) is 0 Å². The minimum absolute atomic E-state index is 0.0891. The van der Waals surface area contributed by atoms with Crippen LogP contribution in [0.1, 0.15) is 27.2 Å². The summed E-state index contributed by atoms with van der Waals surface area (Å²) in [4.78, 5) is 5.16. The minimum atomic E-state index is -0.0891. The molecule has 0 radical (unpaired) electrons. The molecule has 9 heavy (non-hydrogen) atoms. The highest BCUT2D eigenvalue weighted by Crippen LogP contribution is 2.10. The molecule has 0 aromatic heterocycles. The van der Waals surface area contributed by atoms with E-state index in [1.807, 2.05) is 13.8 Å². The van der Waals surface area contributed by atoms with E-state index in [9.17, 15) is 0 Å². The van der Waals surface area contributed by atoms with Crippen molar-refractivity contribution in [2.24, 2.45) is 0 Å². The van der Waals surface area contributed by atoms with Gasteiger partial charge in [-0.25, -0.2) is 0 Å². The first-order valence-electron chi connectivity index (χ1n) is 3.17. The van der Waals surface area contributed by atoms with Gasteiger partial charge in [-0.1, -0.05) is 13.5 Å². The Morgan fingerprint density at radius 2 is 2.22 bits per heavy atom. The lowest BCUT2D eigenvalue weighted by atomic mass is 10.1. The molecule has 0 saturated heterocycles. The molecule has 0 amide bonds. The van der Waals surface area contributed by atoms with Gasteiger partial charge < -0.3 is 0 Å². The van der Waals surface area contributed by atoms with Gasteiger partial charge in [-0.3, -0.25) is 10.3 Å². The van der Waals surface area contributed by atoms with Crippen LogP contribution in [0.3, 0.4) is 0 Å². The molecule has 0 rings (SSSR count). The van der Waals surface area contributed by atoms with Crippen LogP contribution in [-0.4, -0.2) is 5.60 Å². The summed E-state index contributed by atoms with van der Waals surface area (Å²) in [6, 6.07) is 0. The molecule has 0 unspecified atom stereocenters. The number of nitrogens with one attached hydrogen (secondary N) is 1. The molecule has 0 aliphatic rings. The number of hydrogen-bond acceptors (Lipinski definition) is 2. The third-order valence-electron chi connectivity index (χ3n) is 1.27. The van der Waals surface area contributed by atoms with E-state index in [1.54, 1.807) is 0 Å². The molecule has 0 spiro atoms. The second-order valence-electron chi connectivity index (χ2n) is 2.54. The van der Waals surface area contributed by atoms with E-state index < -0.39 is 0 Å². The molecule has 54 valence electrons. The molecule has 0 aromatic carbocycles. The van der Waals surface area contributed by atoms with Gasteiger partial charge in [0.25, 0.3) is 0 Å².